The first-order valence-corrected chi connectivity index (χ1v) is 6.12. The standard InChI is InChI=1S/C11H15Cl2NO2/c1-10(6-11(10,12)13)9(16)14-8-3-2-7(4-8)5-15/h2-3,7-8,15H,4-6H2,1H3,(H,14,16)/t7-,8+,10?/m0/s1. The summed E-state index contributed by atoms with van der Waals surface area (Å²) in [6.45, 7) is 1.89. The lowest BCUT2D eigenvalue weighted by Crippen LogP contribution is -2.39. The summed E-state index contributed by atoms with van der Waals surface area (Å²) in [7, 11) is 0. The van der Waals surface area contributed by atoms with E-state index in [1.165, 1.54) is 0 Å². The third-order valence-electron chi connectivity index (χ3n) is 3.48. The molecule has 0 spiro atoms. The van der Waals surface area contributed by atoms with Crippen molar-refractivity contribution in [3.8, 4) is 0 Å². The van der Waals surface area contributed by atoms with E-state index in [2.05, 4.69) is 5.32 Å². The van der Waals surface area contributed by atoms with E-state index >= 15 is 0 Å². The Kier molecular flexibility index (Phi) is 2.97. The fourth-order valence-corrected chi connectivity index (χ4v) is 2.70. The van der Waals surface area contributed by atoms with Crippen molar-refractivity contribution >= 4 is 29.1 Å². The molecule has 0 heterocycles. The lowest BCUT2D eigenvalue weighted by Gasteiger charge is -2.17. The predicted molar refractivity (Wildman–Crippen MR) is 63.4 cm³/mol. The summed E-state index contributed by atoms with van der Waals surface area (Å²) in [6.07, 6.45) is 5.08. The Morgan fingerprint density at radius 2 is 2.19 bits per heavy atom. The highest BCUT2D eigenvalue weighted by Gasteiger charge is 2.68. The van der Waals surface area contributed by atoms with E-state index in [9.17, 15) is 4.79 Å². The minimum atomic E-state index is -0.921. The maximum atomic E-state index is 11.9. The highest BCUT2D eigenvalue weighted by Crippen LogP contribution is 2.63. The zero-order valence-corrected chi connectivity index (χ0v) is 10.6. The molecule has 1 fully saturated rings. The second kappa shape index (κ2) is 3.90. The number of hydrogen-bond donors (Lipinski definition) is 2. The van der Waals surface area contributed by atoms with Gasteiger partial charge in [-0.25, -0.2) is 0 Å². The van der Waals surface area contributed by atoms with Gasteiger partial charge in [0.25, 0.3) is 0 Å². The van der Waals surface area contributed by atoms with Gasteiger partial charge in [-0.1, -0.05) is 12.2 Å². The van der Waals surface area contributed by atoms with Crippen molar-refractivity contribution in [2.75, 3.05) is 6.61 Å². The minimum absolute atomic E-state index is 0.00814. The van der Waals surface area contributed by atoms with Gasteiger partial charge in [-0.05, 0) is 19.8 Å². The molecule has 1 unspecified atom stereocenters. The number of amides is 1. The Bertz CT molecular complexity index is 343. The van der Waals surface area contributed by atoms with Gasteiger partial charge in [-0.2, -0.15) is 0 Å². The second-order valence-corrected chi connectivity index (χ2v) is 6.34. The quantitative estimate of drug-likeness (QED) is 0.601. The van der Waals surface area contributed by atoms with E-state index in [1.54, 1.807) is 6.92 Å². The average Bonchev–Trinajstić information content (AvgIpc) is 2.62. The topological polar surface area (TPSA) is 49.3 Å². The highest BCUT2D eigenvalue weighted by molar-refractivity contribution is 6.53. The molecule has 0 aromatic carbocycles. The molecule has 0 radical (unpaired) electrons. The number of hydrogen-bond acceptors (Lipinski definition) is 2. The Morgan fingerprint density at radius 1 is 1.56 bits per heavy atom. The van der Waals surface area contributed by atoms with Gasteiger partial charge in [-0.3, -0.25) is 4.79 Å². The zero-order valence-electron chi connectivity index (χ0n) is 9.04. The molecule has 16 heavy (non-hydrogen) atoms. The van der Waals surface area contributed by atoms with Crippen LogP contribution in [0.25, 0.3) is 0 Å². The summed E-state index contributed by atoms with van der Waals surface area (Å²) in [5, 5.41) is 11.9. The van der Waals surface area contributed by atoms with Gasteiger partial charge in [0.15, 0.2) is 0 Å². The van der Waals surface area contributed by atoms with Crippen molar-refractivity contribution in [3.05, 3.63) is 12.2 Å². The maximum Gasteiger partial charge on any atom is 0.229 e. The number of halogens is 2. The molecule has 2 N–H and O–H groups in total. The van der Waals surface area contributed by atoms with Gasteiger partial charge in [0.2, 0.25) is 5.91 Å². The Morgan fingerprint density at radius 3 is 2.62 bits per heavy atom. The number of aliphatic hydroxyl groups excluding tert-OH is 1. The van der Waals surface area contributed by atoms with Crippen LogP contribution in [0.15, 0.2) is 12.2 Å². The fraction of sp³-hybridized carbons (Fsp3) is 0.727. The van der Waals surface area contributed by atoms with E-state index in [0.29, 0.717) is 6.42 Å². The van der Waals surface area contributed by atoms with E-state index < -0.39 is 9.75 Å². The van der Waals surface area contributed by atoms with E-state index in [1.807, 2.05) is 12.2 Å². The number of carbonyl (C=O) groups is 1. The Balaban J connectivity index is 1.89. The maximum absolute atomic E-state index is 11.9. The van der Waals surface area contributed by atoms with Crippen LogP contribution in [0.4, 0.5) is 0 Å². The lowest BCUT2D eigenvalue weighted by molar-refractivity contribution is -0.126. The molecule has 3 atom stereocenters. The number of aliphatic hydroxyl groups is 1. The van der Waals surface area contributed by atoms with Crippen molar-refractivity contribution in [1.29, 1.82) is 0 Å². The molecule has 0 bridgehead atoms. The van der Waals surface area contributed by atoms with E-state index in [4.69, 9.17) is 28.3 Å². The van der Waals surface area contributed by atoms with Gasteiger partial charge in [0, 0.05) is 18.6 Å². The van der Waals surface area contributed by atoms with Gasteiger partial charge < -0.3 is 10.4 Å². The van der Waals surface area contributed by atoms with E-state index in [-0.39, 0.29) is 24.5 Å². The summed E-state index contributed by atoms with van der Waals surface area (Å²) in [5.41, 5.74) is -0.665. The third kappa shape index (κ3) is 1.96. The minimum Gasteiger partial charge on any atom is -0.396 e. The molecule has 0 aliphatic heterocycles. The molecule has 2 aliphatic rings. The highest BCUT2D eigenvalue weighted by atomic mass is 35.5. The van der Waals surface area contributed by atoms with Crippen molar-refractivity contribution in [3.63, 3.8) is 0 Å². The predicted octanol–water partition coefficient (Wildman–Crippen LogP) is 1.62. The number of rotatable bonds is 3. The first-order valence-electron chi connectivity index (χ1n) is 5.37. The molecule has 3 nitrogen and oxygen atoms in total. The molecule has 0 aromatic rings. The molecule has 1 amide bonds. The Labute approximate surface area is 105 Å². The summed E-state index contributed by atoms with van der Waals surface area (Å²) in [5.74, 6) is 0.0415. The van der Waals surface area contributed by atoms with Gasteiger partial charge >= 0.3 is 0 Å². The van der Waals surface area contributed by atoms with Crippen molar-refractivity contribution in [2.45, 2.75) is 30.1 Å². The van der Waals surface area contributed by atoms with Crippen molar-refractivity contribution in [2.24, 2.45) is 11.3 Å². The van der Waals surface area contributed by atoms with Gasteiger partial charge in [0.1, 0.15) is 4.33 Å². The van der Waals surface area contributed by atoms with Crippen LogP contribution in [0.5, 0.6) is 0 Å². The molecule has 5 heteroatoms. The molecule has 1 saturated carbocycles. The van der Waals surface area contributed by atoms with Crippen LogP contribution in [-0.4, -0.2) is 28.0 Å². The summed E-state index contributed by atoms with van der Waals surface area (Å²) in [4.78, 5) is 11.9. The molecule has 90 valence electrons. The SMILES string of the molecule is CC1(C(=O)N[C@@H]2C=C[C@H](CO)C2)CC1(Cl)Cl. The second-order valence-electron chi connectivity index (χ2n) is 4.86. The molecule has 0 saturated heterocycles. The first kappa shape index (κ1) is 12.2. The number of carbonyl (C=O) groups excluding carboxylic acids is 1. The molecular formula is C11H15Cl2NO2. The smallest absolute Gasteiger partial charge is 0.229 e. The summed E-state index contributed by atoms with van der Waals surface area (Å²) < 4.78 is -0.921. The van der Waals surface area contributed by atoms with Crippen LogP contribution in [0.2, 0.25) is 0 Å². The van der Waals surface area contributed by atoms with E-state index in [0.717, 1.165) is 6.42 Å². The molecule has 2 rings (SSSR count). The number of alkyl halides is 2. The fourth-order valence-electron chi connectivity index (χ4n) is 1.99. The normalized spacial score (nSPS) is 39.8. The van der Waals surface area contributed by atoms with Crippen LogP contribution in [0.1, 0.15) is 19.8 Å². The van der Waals surface area contributed by atoms with Crippen LogP contribution >= 0.6 is 23.2 Å². The molecule has 0 aromatic heterocycles. The van der Waals surface area contributed by atoms with Crippen molar-refractivity contribution < 1.29 is 9.90 Å². The van der Waals surface area contributed by atoms with Gasteiger partial charge in [0.05, 0.1) is 5.41 Å². The van der Waals surface area contributed by atoms with Crippen LogP contribution in [0.3, 0.4) is 0 Å². The molecular weight excluding hydrogens is 249 g/mol. The monoisotopic (exact) mass is 263 g/mol. The largest absolute Gasteiger partial charge is 0.396 e. The first-order chi connectivity index (χ1) is 7.39. The summed E-state index contributed by atoms with van der Waals surface area (Å²) >= 11 is 11.9. The van der Waals surface area contributed by atoms with Crippen molar-refractivity contribution in [1.82, 2.24) is 5.32 Å². The Hall–Kier alpha value is -0.250. The molecule has 2 aliphatic carbocycles. The van der Waals surface area contributed by atoms with Crippen LogP contribution in [-0.2, 0) is 4.79 Å². The average molecular weight is 264 g/mol. The number of nitrogens with one attached hydrogen (secondary N) is 1. The van der Waals surface area contributed by atoms with Crippen LogP contribution in [0, 0.1) is 11.3 Å². The van der Waals surface area contributed by atoms with Gasteiger partial charge in [-0.15, -0.1) is 23.2 Å². The van der Waals surface area contributed by atoms with Crippen LogP contribution < -0.4 is 5.32 Å². The zero-order chi connectivity index (χ0) is 12.0. The summed E-state index contributed by atoms with van der Waals surface area (Å²) in [6, 6.07) is -0.00814. The lowest BCUT2D eigenvalue weighted by atomic mass is 10.1. The third-order valence-corrected chi connectivity index (χ3v) is 4.58.